The Labute approximate surface area is 117 Å². The van der Waals surface area contributed by atoms with Crippen LogP contribution in [0.3, 0.4) is 0 Å². The summed E-state index contributed by atoms with van der Waals surface area (Å²) in [6.07, 6.45) is 3.26. The summed E-state index contributed by atoms with van der Waals surface area (Å²) in [5.74, 6) is -0.281. The third-order valence-electron chi connectivity index (χ3n) is 2.83. The summed E-state index contributed by atoms with van der Waals surface area (Å²) in [6, 6.07) is 7.33. The maximum absolute atomic E-state index is 11.9. The first-order valence-corrected chi connectivity index (χ1v) is 6.26. The van der Waals surface area contributed by atoms with Crippen molar-refractivity contribution in [2.45, 2.75) is 20.8 Å². The predicted molar refractivity (Wildman–Crippen MR) is 77.6 cm³/mol. The van der Waals surface area contributed by atoms with Crippen LogP contribution in [0.25, 0.3) is 0 Å². The molecule has 20 heavy (non-hydrogen) atoms. The van der Waals surface area contributed by atoms with Crippen LogP contribution in [-0.2, 0) is 0 Å². The molecular formula is C15H16N4O. The molecule has 2 aromatic heterocycles. The fourth-order valence-electron chi connectivity index (χ4n) is 1.55. The highest BCUT2D eigenvalue weighted by Gasteiger charge is 2.05. The number of hydrogen-bond donors (Lipinski definition) is 1. The Morgan fingerprint density at radius 3 is 2.05 bits per heavy atom. The highest BCUT2D eigenvalue weighted by molar-refractivity contribution is 6.00. The van der Waals surface area contributed by atoms with Gasteiger partial charge in [0.1, 0.15) is 0 Å². The molecule has 0 saturated carbocycles. The van der Waals surface area contributed by atoms with E-state index < -0.39 is 0 Å². The van der Waals surface area contributed by atoms with Gasteiger partial charge in [-0.05, 0) is 45.0 Å². The van der Waals surface area contributed by atoms with Crippen molar-refractivity contribution in [1.82, 2.24) is 15.4 Å². The highest BCUT2D eigenvalue weighted by atomic mass is 16.2. The summed E-state index contributed by atoms with van der Waals surface area (Å²) in [7, 11) is 0. The van der Waals surface area contributed by atoms with Gasteiger partial charge in [-0.25, -0.2) is 5.43 Å². The van der Waals surface area contributed by atoms with Gasteiger partial charge >= 0.3 is 0 Å². The number of amides is 1. The number of carbonyl (C=O) groups excluding carboxylic acids is 1. The topological polar surface area (TPSA) is 67.2 Å². The van der Waals surface area contributed by atoms with Gasteiger partial charge in [-0.3, -0.25) is 14.8 Å². The molecule has 102 valence electrons. The van der Waals surface area contributed by atoms with Gasteiger partial charge in [-0.15, -0.1) is 0 Å². The first-order valence-electron chi connectivity index (χ1n) is 6.26. The molecule has 0 aliphatic rings. The highest BCUT2D eigenvalue weighted by Crippen LogP contribution is 2.02. The molecular weight excluding hydrogens is 252 g/mol. The van der Waals surface area contributed by atoms with Gasteiger partial charge < -0.3 is 0 Å². The predicted octanol–water partition coefficient (Wildman–Crippen LogP) is 2.25. The average Bonchev–Trinajstić information content (AvgIpc) is 2.46. The van der Waals surface area contributed by atoms with E-state index in [1.165, 1.54) is 6.20 Å². The molecule has 5 heteroatoms. The number of nitrogens with one attached hydrogen (secondary N) is 1. The summed E-state index contributed by atoms with van der Waals surface area (Å²) in [5, 5.41) is 4.07. The van der Waals surface area contributed by atoms with Gasteiger partial charge in [0, 0.05) is 29.3 Å². The minimum atomic E-state index is -0.281. The normalized spacial score (nSPS) is 11.2. The van der Waals surface area contributed by atoms with Crippen LogP contribution in [0.2, 0.25) is 0 Å². The molecule has 0 aliphatic heterocycles. The zero-order valence-electron chi connectivity index (χ0n) is 11.7. The van der Waals surface area contributed by atoms with Crippen molar-refractivity contribution in [3.05, 3.63) is 59.2 Å². The van der Waals surface area contributed by atoms with E-state index >= 15 is 0 Å². The number of hydrazone groups is 1. The van der Waals surface area contributed by atoms with Gasteiger partial charge in [0.25, 0.3) is 5.91 Å². The van der Waals surface area contributed by atoms with Gasteiger partial charge in [0.15, 0.2) is 0 Å². The lowest BCUT2D eigenvalue weighted by Crippen LogP contribution is -2.19. The second-order valence-electron chi connectivity index (χ2n) is 4.51. The first-order chi connectivity index (χ1) is 9.56. The molecule has 0 unspecified atom stereocenters. The Kier molecular flexibility index (Phi) is 4.20. The Morgan fingerprint density at radius 1 is 1.00 bits per heavy atom. The van der Waals surface area contributed by atoms with Gasteiger partial charge in [0.2, 0.25) is 0 Å². The number of pyridine rings is 2. The Hall–Kier alpha value is -2.56. The summed E-state index contributed by atoms with van der Waals surface area (Å²) < 4.78 is 0. The van der Waals surface area contributed by atoms with E-state index in [2.05, 4.69) is 20.5 Å². The second-order valence-corrected chi connectivity index (χ2v) is 4.51. The summed E-state index contributed by atoms with van der Waals surface area (Å²) >= 11 is 0. The van der Waals surface area contributed by atoms with E-state index in [1.54, 1.807) is 18.3 Å². The van der Waals surface area contributed by atoms with Crippen LogP contribution in [0.4, 0.5) is 0 Å². The van der Waals surface area contributed by atoms with Crippen molar-refractivity contribution >= 4 is 11.6 Å². The van der Waals surface area contributed by atoms with Crippen molar-refractivity contribution < 1.29 is 4.79 Å². The average molecular weight is 268 g/mol. The zero-order valence-corrected chi connectivity index (χ0v) is 11.7. The molecule has 5 nitrogen and oxygen atoms in total. The van der Waals surface area contributed by atoms with Crippen molar-refractivity contribution in [3.8, 4) is 0 Å². The third-order valence-corrected chi connectivity index (χ3v) is 2.83. The minimum Gasteiger partial charge on any atom is -0.267 e. The fourth-order valence-corrected chi connectivity index (χ4v) is 1.55. The monoisotopic (exact) mass is 268 g/mol. The van der Waals surface area contributed by atoms with Crippen LogP contribution in [0.15, 0.2) is 41.8 Å². The van der Waals surface area contributed by atoms with E-state index in [1.807, 2.05) is 32.9 Å². The lowest BCUT2D eigenvalue weighted by Gasteiger charge is -2.03. The lowest BCUT2D eigenvalue weighted by molar-refractivity contribution is 0.0954. The summed E-state index contributed by atoms with van der Waals surface area (Å²) in [6.45, 7) is 5.61. The summed E-state index contributed by atoms with van der Waals surface area (Å²) in [5.41, 5.74) is 6.37. The van der Waals surface area contributed by atoms with Crippen molar-refractivity contribution in [2.24, 2.45) is 5.10 Å². The minimum absolute atomic E-state index is 0.281. The molecule has 2 rings (SSSR count). The van der Waals surface area contributed by atoms with Crippen LogP contribution in [0.1, 0.15) is 34.2 Å². The molecule has 0 bridgehead atoms. The van der Waals surface area contributed by atoms with E-state index in [0.29, 0.717) is 11.3 Å². The number of aryl methyl sites for hydroxylation is 2. The largest absolute Gasteiger partial charge is 0.272 e. The molecule has 0 fully saturated rings. The van der Waals surface area contributed by atoms with Crippen LogP contribution >= 0.6 is 0 Å². The van der Waals surface area contributed by atoms with Crippen LogP contribution in [0, 0.1) is 13.8 Å². The molecule has 0 aromatic carbocycles. The number of rotatable bonds is 3. The Bertz CT molecular complexity index is 630. The molecule has 0 spiro atoms. The number of carbonyl (C=O) groups is 1. The molecule has 2 aromatic rings. The molecule has 2 heterocycles. The summed E-state index contributed by atoms with van der Waals surface area (Å²) in [4.78, 5) is 20.1. The van der Waals surface area contributed by atoms with Crippen molar-refractivity contribution in [1.29, 1.82) is 0 Å². The number of hydrogen-bond acceptors (Lipinski definition) is 4. The maximum Gasteiger partial charge on any atom is 0.272 e. The maximum atomic E-state index is 11.9. The van der Waals surface area contributed by atoms with Crippen molar-refractivity contribution in [3.63, 3.8) is 0 Å². The second kappa shape index (κ2) is 6.06. The van der Waals surface area contributed by atoms with Crippen LogP contribution < -0.4 is 5.43 Å². The quantitative estimate of drug-likeness (QED) is 0.685. The van der Waals surface area contributed by atoms with Crippen LogP contribution in [0.5, 0.6) is 0 Å². The third kappa shape index (κ3) is 3.47. The van der Waals surface area contributed by atoms with Gasteiger partial charge in [0.05, 0.1) is 11.3 Å². The molecule has 0 aliphatic carbocycles. The molecule has 0 radical (unpaired) electrons. The van der Waals surface area contributed by atoms with Crippen LogP contribution in [-0.4, -0.2) is 21.6 Å². The molecule has 1 N–H and O–H groups in total. The van der Waals surface area contributed by atoms with Crippen molar-refractivity contribution in [2.75, 3.05) is 0 Å². The standard InChI is InChI=1S/C15H16N4O/c1-10-4-6-13(8-16-10)12(3)18-19-15(20)14-7-5-11(2)17-9-14/h4-9H,1-3H3,(H,19,20). The molecule has 1 amide bonds. The molecule has 0 saturated heterocycles. The van der Waals surface area contributed by atoms with E-state index in [-0.39, 0.29) is 5.91 Å². The molecule has 0 atom stereocenters. The first kappa shape index (κ1) is 13.9. The van der Waals surface area contributed by atoms with Gasteiger partial charge in [-0.1, -0.05) is 0 Å². The number of nitrogens with zero attached hydrogens (tertiary/aromatic N) is 3. The van der Waals surface area contributed by atoms with E-state index in [9.17, 15) is 4.79 Å². The Morgan fingerprint density at radius 2 is 1.55 bits per heavy atom. The Balaban J connectivity index is 2.06. The number of aromatic nitrogens is 2. The van der Waals surface area contributed by atoms with E-state index in [0.717, 1.165) is 17.0 Å². The van der Waals surface area contributed by atoms with E-state index in [4.69, 9.17) is 0 Å². The zero-order chi connectivity index (χ0) is 14.5. The fraction of sp³-hybridized carbons (Fsp3) is 0.200. The lowest BCUT2D eigenvalue weighted by atomic mass is 10.2. The smallest absolute Gasteiger partial charge is 0.267 e. The van der Waals surface area contributed by atoms with Gasteiger partial charge in [-0.2, -0.15) is 5.10 Å². The SMILES string of the molecule is CC(=NNC(=O)c1ccc(C)nc1)c1ccc(C)nc1.